The van der Waals surface area contributed by atoms with Gasteiger partial charge in [-0.3, -0.25) is 0 Å². The third kappa shape index (κ3) is 1.70. The van der Waals surface area contributed by atoms with Crippen LogP contribution in [0.3, 0.4) is 0 Å². The highest BCUT2D eigenvalue weighted by Gasteiger charge is 2.23. The number of rotatable bonds is 3. The van der Waals surface area contributed by atoms with E-state index >= 15 is 0 Å². The Morgan fingerprint density at radius 1 is 1.40 bits per heavy atom. The normalized spacial score (nSPS) is 33.0. The summed E-state index contributed by atoms with van der Waals surface area (Å²) < 4.78 is 0. The Hall–Kier alpha value is -0.0800. The molecule has 1 aliphatic heterocycles. The zero-order valence-electron chi connectivity index (χ0n) is 6.98. The van der Waals surface area contributed by atoms with E-state index in [2.05, 4.69) is 24.5 Å². The molecule has 0 saturated carbocycles. The molecule has 2 atom stereocenters. The SMILES string of the molecule is CCNC1CNCC1CC. The molecule has 0 amide bonds. The van der Waals surface area contributed by atoms with Crippen LogP contribution in [0.1, 0.15) is 20.3 Å². The van der Waals surface area contributed by atoms with Crippen LogP contribution in [-0.2, 0) is 0 Å². The van der Waals surface area contributed by atoms with Crippen molar-refractivity contribution in [1.29, 1.82) is 0 Å². The molecule has 1 heterocycles. The maximum atomic E-state index is 3.48. The number of hydrogen-bond acceptors (Lipinski definition) is 2. The third-order valence-electron chi connectivity index (χ3n) is 2.33. The summed E-state index contributed by atoms with van der Waals surface area (Å²) in [5.74, 6) is 0.861. The lowest BCUT2D eigenvalue weighted by Gasteiger charge is -2.16. The van der Waals surface area contributed by atoms with Gasteiger partial charge in [0.25, 0.3) is 0 Å². The van der Waals surface area contributed by atoms with Gasteiger partial charge in [-0.25, -0.2) is 0 Å². The first-order valence-electron chi connectivity index (χ1n) is 4.32. The summed E-state index contributed by atoms with van der Waals surface area (Å²) in [4.78, 5) is 0. The maximum absolute atomic E-state index is 3.48. The summed E-state index contributed by atoms with van der Waals surface area (Å²) in [7, 11) is 0. The Bertz CT molecular complexity index is 93.3. The van der Waals surface area contributed by atoms with E-state index < -0.39 is 0 Å². The zero-order valence-corrected chi connectivity index (χ0v) is 6.98. The van der Waals surface area contributed by atoms with Crippen molar-refractivity contribution in [2.75, 3.05) is 19.6 Å². The first kappa shape index (κ1) is 8.02. The molecule has 2 N–H and O–H groups in total. The van der Waals surface area contributed by atoms with Gasteiger partial charge in [0.05, 0.1) is 0 Å². The predicted molar refractivity (Wildman–Crippen MR) is 44.1 cm³/mol. The molecule has 1 aliphatic rings. The molecule has 1 saturated heterocycles. The van der Waals surface area contributed by atoms with Crippen molar-refractivity contribution in [2.45, 2.75) is 26.3 Å². The second-order valence-corrected chi connectivity index (χ2v) is 2.99. The largest absolute Gasteiger partial charge is 0.315 e. The van der Waals surface area contributed by atoms with Crippen LogP contribution in [-0.4, -0.2) is 25.7 Å². The van der Waals surface area contributed by atoms with Crippen LogP contribution in [0, 0.1) is 5.92 Å². The first-order chi connectivity index (χ1) is 4.88. The fourth-order valence-corrected chi connectivity index (χ4v) is 1.66. The van der Waals surface area contributed by atoms with Gasteiger partial charge in [-0.2, -0.15) is 0 Å². The van der Waals surface area contributed by atoms with Crippen LogP contribution < -0.4 is 10.6 Å². The molecular weight excluding hydrogens is 124 g/mol. The van der Waals surface area contributed by atoms with Crippen LogP contribution in [0.4, 0.5) is 0 Å². The standard InChI is InChI=1S/C8H18N2/c1-3-7-5-9-6-8(7)10-4-2/h7-10H,3-6H2,1-2H3. The minimum atomic E-state index is 0.731. The van der Waals surface area contributed by atoms with Gasteiger partial charge in [0, 0.05) is 12.6 Å². The lowest BCUT2D eigenvalue weighted by molar-refractivity contribution is 0.425. The lowest BCUT2D eigenvalue weighted by atomic mass is 10.0. The first-order valence-corrected chi connectivity index (χ1v) is 4.32. The summed E-state index contributed by atoms with van der Waals surface area (Å²) >= 11 is 0. The monoisotopic (exact) mass is 142 g/mol. The van der Waals surface area contributed by atoms with Crippen LogP contribution in [0.5, 0.6) is 0 Å². The van der Waals surface area contributed by atoms with E-state index in [-0.39, 0.29) is 0 Å². The van der Waals surface area contributed by atoms with Gasteiger partial charge >= 0.3 is 0 Å². The van der Waals surface area contributed by atoms with Gasteiger partial charge in [0.1, 0.15) is 0 Å². The van der Waals surface area contributed by atoms with Crippen LogP contribution >= 0.6 is 0 Å². The number of likely N-dealkylation sites (N-methyl/N-ethyl adjacent to an activating group) is 1. The topological polar surface area (TPSA) is 24.1 Å². The van der Waals surface area contributed by atoms with Gasteiger partial charge in [-0.05, 0) is 19.0 Å². The van der Waals surface area contributed by atoms with E-state index in [1.807, 2.05) is 0 Å². The van der Waals surface area contributed by atoms with E-state index in [4.69, 9.17) is 0 Å². The van der Waals surface area contributed by atoms with Crippen molar-refractivity contribution in [2.24, 2.45) is 5.92 Å². The molecule has 2 heteroatoms. The van der Waals surface area contributed by atoms with Gasteiger partial charge in [-0.1, -0.05) is 20.3 Å². The van der Waals surface area contributed by atoms with Crippen molar-refractivity contribution in [1.82, 2.24) is 10.6 Å². The van der Waals surface area contributed by atoms with Gasteiger partial charge < -0.3 is 10.6 Å². The summed E-state index contributed by atoms with van der Waals surface area (Å²) in [5, 5.41) is 6.88. The van der Waals surface area contributed by atoms with Crippen LogP contribution in [0.15, 0.2) is 0 Å². The highest BCUT2D eigenvalue weighted by atomic mass is 15.0. The highest BCUT2D eigenvalue weighted by Crippen LogP contribution is 2.11. The zero-order chi connectivity index (χ0) is 7.40. The molecule has 1 fully saturated rings. The van der Waals surface area contributed by atoms with E-state index in [9.17, 15) is 0 Å². The van der Waals surface area contributed by atoms with Gasteiger partial charge in [-0.15, -0.1) is 0 Å². The molecule has 0 bridgehead atoms. The minimum absolute atomic E-state index is 0.731. The van der Waals surface area contributed by atoms with Crippen LogP contribution in [0.2, 0.25) is 0 Å². The Kier molecular flexibility index (Phi) is 3.16. The molecule has 2 nitrogen and oxygen atoms in total. The molecule has 0 aromatic carbocycles. The lowest BCUT2D eigenvalue weighted by Crippen LogP contribution is -2.35. The molecule has 10 heavy (non-hydrogen) atoms. The van der Waals surface area contributed by atoms with Crippen molar-refractivity contribution >= 4 is 0 Å². The molecule has 0 spiro atoms. The Balaban J connectivity index is 2.27. The number of nitrogens with one attached hydrogen (secondary N) is 2. The summed E-state index contributed by atoms with van der Waals surface area (Å²) in [6.45, 7) is 7.90. The van der Waals surface area contributed by atoms with Crippen molar-refractivity contribution in [3.63, 3.8) is 0 Å². The summed E-state index contributed by atoms with van der Waals surface area (Å²) in [5.41, 5.74) is 0. The van der Waals surface area contributed by atoms with Crippen molar-refractivity contribution in [3.05, 3.63) is 0 Å². The predicted octanol–water partition coefficient (Wildman–Crippen LogP) is 0.594. The second-order valence-electron chi connectivity index (χ2n) is 2.99. The fraction of sp³-hybridized carbons (Fsp3) is 1.00. The van der Waals surface area contributed by atoms with Gasteiger partial charge in [0.2, 0.25) is 0 Å². The minimum Gasteiger partial charge on any atom is -0.315 e. The number of hydrogen-bond donors (Lipinski definition) is 2. The molecule has 0 radical (unpaired) electrons. The Morgan fingerprint density at radius 2 is 2.20 bits per heavy atom. The average molecular weight is 142 g/mol. The highest BCUT2D eigenvalue weighted by molar-refractivity contribution is 4.85. The molecular formula is C8H18N2. The van der Waals surface area contributed by atoms with E-state index in [1.54, 1.807) is 0 Å². The van der Waals surface area contributed by atoms with Crippen LogP contribution in [0.25, 0.3) is 0 Å². The molecule has 1 rings (SSSR count). The average Bonchev–Trinajstić information content (AvgIpc) is 2.36. The third-order valence-corrected chi connectivity index (χ3v) is 2.33. The van der Waals surface area contributed by atoms with E-state index in [1.165, 1.54) is 13.0 Å². The molecule has 0 aliphatic carbocycles. The smallest absolute Gasteiger partial charge is 0.0232 e. The quantitative estimate of drug-likeness (QED) is 0.603. The molecule has 0 aromatic rings. The molecule has 2 unspecified atom stereocenters. The molecule has 0 aromatic heterocycles. The van der Waals surface area contributed by atoms with Gasteiger partial charge in [0.15, 0.2) is 0 Å². The molecule has 60 valence electrons. The Morgan fingerprint density at radius 3 is 2.80 bits per heavy atom. The summed E-state index contributed by atoms with van der Waals surface area (Å²) in [6.07, 6.45) is 1.30. The van der Waals surface area contributed by atoms with Crippen molar-refractivity contribution in [3.8, 4) is 0 Å². The fourth-order valence-electron chi connectivity index (χ4n) is 1.66. The Labute approximate surface area is 63.4 Å². The maximum Gasteiger partial charge on any atom is 0.0232 e. The van der Waals surface area contributed by atoms with Crippen molar-refractivity contribution < 1.29 is 0 Å². The van der Waals surface area contributed by atoms with E-state index in [0.717, 1.165) is 25.0 Å². The summed E-state index contributed by atoms with van der Waals surface area (Å²) in [6, 6.07) is 0.731. The van der Waals surface area contributed by atoms with E-state index in [0.29, 0.717) is 0 Å². The second kappa shape index (κ2) is 3.94.